The number of halogens is 1. The second-order valence-corrected chi connectivity index (χ2v) is 6.13. The third-order valence-electron chi connectivity index (χ3n) is 3.14. The first-order valence-corrected chi connectivity index (χ1v) is 8.01. The molecule has 0 bridgehead atoms. The van der Waals surface area contributed by atoms with Crippen molar-refractivity contribution in [2.45, 2.75) is 19.9 Å². The zero-order valence-electron chi connectivity index (χ0n) is 13.6. The SMILES string of the molecule is CN=C(NCCc1ncc(C)s1)NCc1ccc(OC)cc1.I. The fraction of sp³-hybridized carbons (Fsp3) is 0.375. The van der Waals surface area contributed by atoms with Gasteiger partial charge in [-0.3, -0.25) is 4.99 Å². The van der Waals surface area contributed by atoms with Crippen molar-refractivity contribution >= 4 is 41.3 Å². The maximum absolute atomic E-state index is 5.15. The molecule has 1 aromatic carbocycles. The molecule has 0 saturated carbocycles. The molecular weight excluding hydrogens is 423 g/mol. The number of rotatable bonds is 6. The molecular formula is C16H23IN4OS. The van der Waals surface area contributed by atoms with Crippen molar-refractivity contribution in [1.29, 1.82) is 0 Å². The Labute approximate surface area is 158 Å². The second kappa shape index (κ2) is 10.4. The van der Waals surface area contributed by atoms with Gasteiger partial charge in [0.25, 0.3) is 0 Å². The maximum Gasteiger partial charge on any atom is 0.191 e. The first kappa shape index (κ1) is 19.7. The summed E-state index contributed by atoms with van der Waals surface area (Å²) in [6.07, 6.45) is 2.82. The Kier molecular flexibility index (Phi) is 8.93. The fourth-order valence-corrected chi connectivity index (χ4v) is 2.74. The smallest absolute Gasteiger partial charge is 0.191 e. The van der Waals surface area contributed by atoms with E-state index in [1.54, 1.807) is 25.5 Å². The van der Waals surface area contributed by atoms with Crippen molar-refractivity contribution in [2.24, 2.45) is 4.99 Å². The number of hydrogen-bond acceptors (Lipinski definition) is 4. The minimum atomic E-state index is 0. The van der Waals surface area contributed by atoms with E-state index < -0.39 is 0 Å². The van der Waals surface area contributed by atoms with Crippen LogP contribution in [0, 0.1) is 6.92 Å². The van der Waals surface area contributed by atoms with Gasteiger partial charge >= 0.3 is 0 Å². The van der Waals surface area contributed by atoms with E-state index in [1.165, 1.54) is 10.4 Å². The molecule has 1 aromatic heterocycles. The van der Waals surface area contributed by atoms with Crippen molar-refractivity contribution in [2.75, 3.05) is 20.7 Å². The third kappa shape index (κ3) is 6.74. The summed E-state index contributed by atoms with van der Waals surface area (Å²) in [4.78, 5) is 9.83. The Hall–Kier alpha value is -1.35. The van der Waals surface area contributed by atoms with Gasteiger partial charge in [0.1, 0.15) is 5.75 Å². The second-order valence-electron chi connectivity index (χ2n) is 4.82. The summed E-state index contributed by atoms with van der Waals surface area (Å²) >= 11 is 1.74. The molecule has 1 heterocycles. The summed E-state index contributed by atoms with van der Waals surface area (Å²) in [6.45, 7) is 3.61. The van der Waals surface area contributed by atoms with E-state index in [2.05, 4.69) is 27.5 Å². The molecule has 23 heavy (non-hydrogen) atoms. The number of nitrogens with zero attached hydrogens (tertiary/aromatic N) is 2. The number of methoxy groups -OCH3 is 1. The number of aromatic nitrogens is 1. The van der Waals surface area contributed by atoms with Crippen LogP contribution in [0.15, 0.2) is 35.5 Å². The highest BCUT2D eigenvalue weighted by Crippen LogP contribution is 2.11. The van der Waals surface area contributed by atoms with Crippen LogP contribution < -0.4 is 15.4 Å². The molecule has 5 nitrogen and oxygen atoms in total. The monoisotopic (exact) mass is 446 g/mol. The molecule has 0 saturated heterocycles. The lowest BCUT2D eigenvalue weighted by Crippen LogP contribution is -2.37. The number of benzene rings is 1. The molecule has 0 fully saturated rings. The van der Waals surface area contributed by atoms with E-state index in [0.29, 0.717) is 0 Å². The summed E-state index contributed by atoms with van der Waals surface area (Å²) in [5, 5.41) is 7.75. The van der Waals surface area contributed by atoms with Crippen LogP contribution >= 0.6 is 35.3 Å². The zero-order chi connectivity index (χ0) is 15.8. The molecule has 0 aliphatic heterocycles. The van der Waals surface area contributed by atoms with Gasteiger partial charge in [-0.15, -0.1) is 35.3 Å². The lowest BCUT2D eigenvalue weighted by molar-refractivity contribution is 0.414. The molecule has 0 unspecified atom stereocenters. The van der Waals surface area contributed by atoms with Crippen LogP contribution in [-0.4, -0.2) is 31.6 Å². The van der Waals surface area contributed by atoms with Gasteiger partial charge in [-0.25, -0.2) is 4.98 Å². The highest BCUT2D eigenvalue weighted by molar-refractivity contribution is 14.0. The van der Waals surface area contributed by atoms with Gasteiger partial charge in [-0.2, -0.15) is 0 Å². The topological polar surface area (TPSA) is 58.5 Å². The summed E-state index contributed by atoms with van der Waals surface area (Å²) < 4.78 is 5.15. The van der Waals surface area contributed by atoms with Gasteiger partial charge < -0.3 is 15.4 Å². The standard InChI is InChI=1S/C16H22N4OS.HI/c1-12-10-19-15(22-12)8-9-18-16(17-2)20-11-13-4-6-14(21-3)7-5-13;/h4-7,10H,8-9,11H2,1-3H3,(H2,17,18,20);1H. The normalized spacial score (nSPS) is 10.8. The van der Waals surface area contributed by atoms with Crippen LogP contribution in [-0.2, 0) is 13.0 Å². The molecule has 0 amide bonds. The van der Waals surface area contributed by atoms with Crippen molar-refractivity contribution in [3.63, 3.8) is 0 Å². The van der Waals surface area contributed by atoms with Crippen molar-refractivity contribution < 1.29 is 4.74 Å². The minimum absolute atomic E-state index is 0. The first-order chi connectivity index (χ1) is 10.7. The largest absolute Gasteiger partial charge is 0.497 e. The number of aliphatic imine (C=N–C) groups is 1. The molecule has 2 N–H and O–H groups in total. The fourth-order valence-electron chi connectivity index (χ4n) is 1.95. The summed E-state index contributed by atoms with van der Waals surface area (Å²) in [7, 11) is 3.44. The quantitative estimate of drug-likeness (QED) is 0.407. The zero-order valence-corrected chi connectivity index (χ0v) is 16.8. The third-order valence-corrected chi connectivity index (χ3v) is 4.12. The number of guanidine groups is 1. The number of aryl methyl sites for hydroxylation is 1. The average Bonchev–Trinajstić information content (AvgIpc) is 2.96. The first-order valence-electron chi connectivity index (χ1n) is 7.20. The van der Waals surface area contributed by atoms with Crippen LogP contribution in [0.3, 0.4) is 0 Å². The van der Waals surface area contributed by atoms with Crippen LogP contribution in [0.2, 0.25) is 0 Å². The number of thiazole rings is 1. The number of hydrogen-bond donors (Lipinski definition) is 2. The molecule has 2 aromatic rings. The van der Waals surface area contributed by atoms with Gasteiger partial charge in [0.2, 0.25) is 0 Å². The van der Waals surface area contributed by atoms with Crippen molar-refractivity contribution in [3.05, 3.63) is 45.9 Å². The van der Waals surface area contributed by atoms with Crippen molar-refractivity contribution in [1.82, 2.24) is 15.6 Å². The van der Waals surface area contributed by atoms with E-state index in [1.807, 2.05) is 30.5 Å². The molecule has 126 valence electrons. The van der Waals surface area contributed by atoms with Gasteiger partial charge in [-0.05, 0) is 24.6 Å². The molecule has 0 spiro atoms. The van der Waals surface area contributed by atoms with Gasteiger partial charge in [0.15, 0.2) is 5.96 Å². The number of nitrogens with one attached hydrogen (secondary N) is 2. The van der Waals surface area contributed by atoms with Gasteiger partial charge in [-0.1, -0.05) is 12.1 Å². The number of ether oxygens (including phenoxy) is 1. The molecule has 2 rings (SSSR count). The highest BCUT2D eigenvalue weighted by atomic mass is 127. The van der Waals surface area contributed by atoms with E-state index in [-0.39, 0.29) is 24.0 Å². The van der Waals surface area contributed by atoms with E-state index in [4.69, 9.17) is 4.74 Å². The molecule has 0 aliphatic rings. The highest BCUT2D eigenvalue weighted by Gasteiger charge is 2.01. The predicted molar refractivity (Wildman–Crippen MR) is 107 cm³/mol. The minimum Gasteiger partial charge on any atom is -0.497 e. The lowest BCUT2D eigenvalue weighted by atomic mass is 10.2. The van der Waals surface area contributed by atoms with Gasteiger partial charge in [0, 0.05) is 37.6 Å². The Morgan fingerprint density at radius 1 is 1.26 bits per heavy atom. The Morgan fingerprint density at radius 2 is 2.00 bits per heavy atom. The van der Waals surface area contributed by atoms with E-state index in [9.17, 15) is 0 Å². The van der Waals surface area contributed by atoms with Crippen LogP contribution in [0.5, 0.6) is 5.75 Å². The Morgan fingerprint density at radius 3 is 2.57 bits per heavy atom. The molecule has 0 aliphatic carbocycles. The summed E-state index contributed by atoms with van der Waals surface area (Å²) in [5.41, 5.74) is 1.18. The molecule has 7 heteroatoms. The molecule has 0 radical (unpaired) electrons. The predicted octanol–water partition coefficient (Wildman–Crippen LogP) is 2.99. The average molecular weight is 446 g/mol. The summed E-state index contributed by atoms with van der Waals surface area (Å²) in [5.74, 6) is 1.66. The Bertz CT molecular complexity index is 613. The van der Waals surface area contributed by atoms with E-state index >= 15 is 0 Å². The van der Waals surface area contributed by atoms with Crippen LogP contribution in [0.1, 0.15) is 15.4 Å². The van der Waals surface area contributed by atoms with Crippen LogP contribution in [0.4, 0.5) is 0 Å². The molecule has 0 atom stereocenters. The Balaban J connectivity index is 0.00000264. The summed E-state index contributed by atoms with van der Waals surface area (Å²) in [6, 6.07) is 7.99. The van der Waals surface area contributed by atoms with E-state index in [0.717, 1.165) is 36.2 Å². The lowest BCUT2D eigenvalue weighted by Gasteiger charge is -2.11. The van der Waals surface area contributed by atoms with Gasteiger partial charge in [0.05, 0.1) is 12.1 Å². The maximum atomic E-state index is 5.15. The van der Waals surface area contributed by atoms with Crippen molar-refractivity contribution in [3.8, 4) is 5.75 Å². The van der Waals surface area contributed by atoms with Crippen LogP contribution in [0.25, 0.3) is 0 Å².